The molecule has 3 rings (SSSR count). The molecule has 0 saturated carbocycles. The Morgan fingerprint density at radius 3 is 2.54 bits per heavy atom. The molecule has 0 unspecified atom stereocenters. The summed E-state index contributed by atoms with van der Waals surface area (Å²) in [5.41, 5.74) is 1.68. The van der Waals surface area contributed by atoms with E-state index in [0.717, 1.165) is 23.1 Å². The predicted octanol–water partition coefficient (Wildman–Crippen LogP) is 4.48. The SMILES string of the molecule is CCOc1ccccc1NC(=O)[C@H](C)Sc1nnc(-c2ccccc2)n1CC. The highest BCUT2D eigenvalue weighted by Gasteiger charge is 2.21. The monoisotopic (exact) mass is 396 g/mol. The molecule has 2 aromatic carbocycles. The number of ether oxygens (including phenoxy) is 1. The van der Waals surface area contributed by atoms with Crippen LogP contribution in [0.3, 0.4) is 0 Å². The standard InChI is InChI=1S/C21H24N4O2S/c1-4-25-19(16-11-7-6-8-12-16)23-24-21(25)28-15(3)20(26)22-17-13-9-10-14-18(17)27-5-2/h6-15H,4-5H2,1-3H3,(H,22,26)/t15-/m0/s1. The summed E-state index contributed by atoms with van der Waals surface area (Å²) in [5, 5.41) is 12.0. The van der Waals surface area contributed by atoms with E-state index in [1.165, 1.54) is 11.8 Å². The lowest BCUT2D eigenvalue weighted by Crippen LogP contribution is -2.23. The first kappa shape index (κ1) is 19.9. The van der Waals surface area contributed by atoms with E-state index >= 15 is 0 Å². The molecular weight excluding hydrogens is 372 g/mol. The first-order chi connectivity index (χ1) is 13.6. The van der Waals surface area contributed by atoms with Crippen molar-refractivity contribution in [3.8, 4) is 17.1 Å². The van der Waals surface area contributed by atoms with Gasteiger partial charge in [0.1, 0.15) is 5.75 Å². The number of carbonyl (C=O) groups excluding carboxylic acids is 1. The number of para-hydroxylation sites is 2. The second-order valence-electron chi connectivity index (χ2n) is 6.09. The Morgan fingerprint density at radius 1 is 1.11 bits per heavy atom. The van der Waals surface area contributed by atoms with Gasteiger partial charge < -0.3 is 14.6 Å². The van der Waals surface area contributed by atoms with E-state index in [1.54, 1.807) is 0 Å². The zero-order valence-corrected chi connectivity index (χ0v) is 17.1. The molecule has 3 aromatic rings. The average Bonchev–Trinajstić information content (AvgIpc) is 3.12. The number of carbonyl (C=O) groups is 1. The molecule has 0 aliphatic heterocycles. The molecule has 0 spiro atoms. The average molecular weight is 397 g/mol. The van der Waals surface area contributed by atoms with Gasteiger partial charge in [0.15, 0.2) is 11.0 Å². The third kappa shape index (κ3) is 4.54. The number of anilines is 1. The molecule has 1 heterocycles. The summed E-state index contributed by atoms with van der Waals surface area (Å²) in [7, 11) is 0. The highest BCUT2D eigenvalue weighted by Crippen LogP contribution is 2.29. The third-order valence-electron chi connectivity index (χ3n) is 4.16. The number of aromatic nitrogens is 3. The Bertz CT molecular complexity index is 927. The van der Waals surface area contributed by atoms with Crippen molar-refractivity contribution in [2.24, 2.45) is 0 Å². The van der Waals surface area contributed by atoms with Gasteiger partial charge in [0.2, 0.25) is 5.91 Å². The summed E-state index contributed by atoms with van der Waals surface area (Å²) in [6.45, 7) is 7.09. The van der Waals surface area contributed by atoms with Crippen LogP contribution in [0.25, 0.3) is 11.4 Å². The Balaban J connectivity index is 1.74. The molecule has 0 fully saturated rings. The van der Waals surface area contributed by atoms with Crippen LogP contribution >= 0.6 is 11.8 Å². The molecule has 1 aromatic heterocycles. The van der Waals surface area contributed by atoms with Gasteiger partial charge in [-0.25, -0.2) is 0 Å². The maximum atomic E-state index is 12.7. The summed E-state index contributed by atoms with van der Waals surface area (Å²) < 4.78 is 7.60. The van der Waals surface area contributed by atoms with Gasteiger partial charge in [-0.2, -0.15) is 0 Å². The zero-order chi connectivity index (χ0) is 19.9. The fourth-order valence-electron chi connectivity index (χ4n) is 2.76. The van der Waals surface area contributed by atoms with Crippen LogP contribution in [0.5, 0.6) is 5.75 Å². The number of benzene rings is 2. The molecule has 7 heteroatoms. The lowest BCUT2D eigenvalue weighted by atomic mass is 10.2. The summed E-state index contributed by atoms with van der Waals surface area (Å²) in [5.74, 6) is 1.36. The van der Waals surface area contributed by atoms with E-state index in [0.29, 0.717) is 18.0 Å². The van der Waals surface area contributed by atoms with Crippen LogP contribution in [0.1, 0.15) is 20.8 Å². The molecule has 1 amide bonds. The van der Waals surface area contributed by atoms with Crippen LogP contribution in [0.15, 0.2) is 59.8 Å². The number of hydrogen-bond donors (Lipinski definition) is 1. The van der Waals surface area contributed by atoms with Crippen molar-refractivity contribution >= 4 is 23.4 Å². The van der Waals surface area contributed by atoms with Gasteiger partial charge in [0.25, 0.3) is 0 Å². The second kappa shape index (κ2) is 9.41. The fraction of sp³-hybridized carbons (Fsp3) is 0.286. The zero-order valence-electron chi connectivity index (χ0n) is 16.3. The van der Waals surface area contributed by atoms with Crippen LogP contribution in [0.2, 0.25) is 0 Å². The molecule has 1 atom stereocenters. The van der Waals surface area contributed by atoms with E-state index in [1.807, 2.05) is 79.9 Å². The first-order valence-electron chi connectivity index (χ1n) is 9.32. The van der Waals surface area contributed by atoms with Crippen LogP contribution in [0, 0.1) is 0 Å². The topological polar surface area (TPSA) is 69.0 Å². The van der Waals surface area contributed by atoms with Crippen molar-refractivity contribution < 1.29 is 9.53 Å². The van der Waals surface area contributed by atoms with E-state index in [9.17, 15) is 4.79 Å². The lowest BCUT2D eigenvalue weighted by Gasteiger charge is -2.15. The third-order valence-corrected chi connectivity index (χ3v) is 5.24. The minimum atomic E-state index is -0.340. The van der Waals surface area contributed by atoms with Crippen LogP contribution in [0.4, 0.5) is 5.69 Å². The van der Waals surface area contributed by atoms with Gasteiger partial charge in [-0.05, 0) is 32.9 Å². The Kier molecular flexibility index (Phi) is 6.71. The highest BCUT2D eigenvalue weighted by molar-refractivity contribution is 8.00. The summed E-state index contributed by atoms with van der Waals surface area (Å²) >= 11 is 1.39. The van der Waals surface area contributed by atoms with Crippen molar-refractivity contribution in [2.75, 3.05) is 11.9 Å². The summed E-state index contributed by atoms with van der Waals surface area (Å²) in [6.07, 6.45) is 0. The van der Waals surface area contributed by atoms with Crippen molar-refractivity contribution in [2.45, 2.75) is 37.7 Å². The van der Waals surface area contributed by atoms with E-state index in [-0.39, 0.29) is 11.2 Å². The maximum absolute atomic E-state index is 12.7. The molecule has 0 aliphatic carbocycles. The molecular formula is C21H24N4O2S. The number of thioether (sulfide) groups is 1. The molecule has 28 heavy (non-hydrogen) atoms. The van der Waals surface area contributed by atoms with Gasteiger partial charge in [0.05, 0.1) is 17.5 Å². The molecule has 0 saturated heterocycles. The Hall–Kier alpha value is -2.80. The van der Waals surface area contributed by atoms with Crippen LogP contribution in [-0.2, 0) is 11.3 Å². The number of rotatable bonds is 8. The van der Waals surface area contributed by atoms with Crippen LogP contribution < -0.4 is 10.1 Å². The van der Waals surface area contributed by atoms with Crippen molar-refractivity contribution in [1.29, 1.82) is 0 Å². The quantitative estimate of drug-likeness (QED) is 0.569. The first-order valence-corrected chi connectivity index (χ1v) is 10.2. The van der Waals surface area contributed by atoms with E-state index < -0.39 is 0 Å². The number of nitrogens with zero attached hydrogens (tertiary/aromatic N) is 3. The van der Waals surface area contributed by atoms with Gasteiger partial charge in [0, 0.05) is 12.1 Å². The van der Waals surface area contributed by atoms with Crippen LogP contribution in [-0.4, -0.2) is 32.5 Å². The summed E-state index contributed by atoms with van der Waals surface area (Å²) in [6, 6.07) is 17.4. The smallest absolute Gasteiger partial charge is 0.237 e. The van der Waals surface area contributed by atoms with E-state index in [4.69, 9.17) is 4.74 Å². The van der Waals surface area contributed by atoms with Gasteiger partial charge in [-0.1, -0.05) is 54.2 Å². The van der Waals surface area contributed by atoms with Crippen molar-refractivity contribution in [3.63, 3.8) is 0 Å². The second-order valence-corrected chi connectivity index (χ2v) is 7.40. The van der Waals surface area contributed by atoms with Crippen molar-refractivity contribution in [1.82, 2.24) is 14.8 Å². The number of amides is 1. The van der Waals surface area contributed by atoms with Gasteiger partial charge in [-0.3, -0.25) is 4.79 Å². The lowest BCUT2D eigenvalue weighted by molar-refractivity contribution is -0.115. The Labute approximate surface area is 169 Å². The fourth-order valence-corrected chi connectivity index (χ4v) is 3.67. The molecule has 0 bridgehead atoms. The van der Waals surface area contributed by atoms with Crippen molar-refractivity contribution in [3.05, 3.63) is 54.6 Å². The minimum absolute atomic E-state index is 0.107. The largest absolute Gasteiger partial charge is 0.492 e. The minimum Gasteiger partial charge on any atom is -0.492 e. The van der Waals surface area contributed by atoms with E-state index in [2.05, 4.69) is 15.5 Å². The predicted molar refractivity (Wildman–Crippen MR) is 113 cm³/mol. The number of nitrogens with one attached hydrogen (secondary N) is 1. The summed E-state index contributed by atoms with van der Waals surface area (Å²) in [4.78, 5) is 12.7. The molecule has 0 radical (unpaired) electrons. The maximum Gasteiger partial charge on any atom is 0.237 e. The normalized spacial score (nSPS) is 11.8. The molecule has 6 nitrogen and oxygen atoms in total. The highest BCUT2D eigenvalue weighted by atomic mass is 32.2. The van der Waals surface area contributed by atoms with Gasteiger partial charge >= 0.3 is 0 Å². The number of hydrogen-bond acceptors (Lipinski definition) is 5. The van der Waals surface area contributed by atoms with Gasteiger partial charge in [-0.15, -0.1) is 10.2 Å². The molecule has 1 N–H and O–H groups in total. The molecule has 0 aliphatic rings. The Morgan fingerprint density at radius 2 is 1.82 bits per heavy atom. The molecule has 146 valence electrons.